The second-order valence-electron chi connectivity index (χ2n) is 9.61. The quantitative estimate of drug-likeness (QED) is 0.287. The van der Waals surface area contributed by atoms with E-state index in [1.54, 1.807) is 19.1 Å². The van der Waals surface area contributed by atoms with Gasteiger partial charge in [0.15, 0.2) is 11.4 Å². The lowest BCUT2D eigenvalue weighted by atomic mass is 9.54. The number of aromatic hydroxyl groups is 1. The summed E-state index contributed by atoms with van der Waals surface area (Å²) in [7, 11) is 2.93. The highest BCUT2D eigenvalue weighted by Crippen LogP contribution is 2.56. The normalized spacial score (nSPS) is 31.7. The summed E-state index contributed by atoms with van der Waals surface area (Å²) >= 11 is 0. The molecule has 0 spiro atoms. The molecule has 3 aliphatic rings. The van der Waals surface area contributed by atoms with Gasteiger partial charge in [0.2, 0.25) is 5.78 Å². The SMILES string of the molecule is CCC(=O)O[C@@H]1C2[C@H](N(C)C)C(=O)C(C(N)=O)=C(O)[C@@]2(O)C(=O)C2=C(O)c3c(O)cccc3[C@H](C)[C@H]21. The van der Waals surface area contributed by atoms with Gasteiger partial charge in [0.25, 0.3) is 5.91 Å². The van der Waals surface area contributed by atoms with Gasteiger partial charge in [0.1, 0.15) is 28.9 Å². The summed E-state index contributed by atoms with van der Waals surface area (Å²) in [6.45, 7) is 3.23. The molecule has 192 valence electrons. The molecule has 0 aromatic heterocycles. The van der Waals surface area contributed by atoms with Crippen molar-refractivity contribution in [2.24, 2.45) is 17.6 Å². The van der Waals surface area contributed by atoms with Gasteiger partial charge >= 0.3 is 5.97 Å². The number of aliphatic hydroxyl groups excluding tert-OH is 2. The number of ether oxygens (including phenoxy) is 1. The van der Waals surface area contributed by atoms with Crippen molar-refractivity contribution in [3.63, 3.8) is 0 Å². The molecule has 0 aliphatic heterocycles. The Morgan fingerprint density at radius 1 is 1.17 bits per heavy atom. The summed E-state index contributed by atoms with van der Waals surface area (Å²) in [5.74, 6) is -9.67. The Morgan fingerprint density at radius 3 is 2.36 bits per heavy atom. The zero-order valence-corrected chi connectivity index (χ0v) is 20.2. The van der Waals surface area contributed by atoms with Gasteiger partial charge in [-0.15, -0.1) is 0 Å². The Balaban J connectivity index is 2.11. The molecule has 36 heavy (non-hydrogen) atoms. The maximum Gasteiger partial charge on any atom is 0.305 e. The highest BCUT2D eigenvalue weighted by atomic mass is 16.5. The number of amides is 1. The van der Waals surface area contributed by atoms with Crippen LogP contribution in [0.1, 0.15) is 37.3 Å². The number of carbonyl (C=O) groups is 4. The fourth-order valence-electron chi connectivity index (χ4n) is 5.92. The van der Waals surface area contributed by atoms with Crippen LogP contribution in [0.15, 0.2) is 35.1 Å². The molecule has 4 rings (SSSR count). The Hall–Kier alpha value is -3.70. The lowest BCUT2D eigenvalue weighted by Gasteiger charge is -2.54. The summed E-state index contributed by atoms with van der Waals surface area (Å²) in [6.07, 6.45) is -1.47. The van der Waals surface area contributed by atoms with Crippen LogP contribution in [0, 0.1) is 11.8 Å². The van der Waals surface area contributed by atoms with Gasteiger partial charge in [-0.05, 0) is 31.6 Å². The maximum atomic E-state index is 14.0. The van der Waals surface area contributed by atoms with Crippen LogP contribution in [0.3, 0.4) is 0 Å². The second-order valence-corrected chi connectivity index (χ2v) is 9.61. The van der Waals surface area contributed by atoms with E-state index >= 15 is 0 Å². The van der Waals surface area contributed by atoms with Crippen LogP contribution >= 0.6 is 0 Å². The van der Waals surface area contributed by atoms with Crippen LogP contribution in [0.5, 0.6) is 5.75 Å². The number of fused-ring (bicyclic) bond motifs is 3. The molecule has 0 heterocycles. The average molecular weight is 501 g/mol. The van der Waals surface area contributed by atoms with Crippen molar-refractivity contribution in [3.8, 4) is 5.75 Å². The fourth-order valence-corrected chi connectivity index (χ4v) is 5.92. The lowest BCUT2D eigenvalue weighted by molar-refractivity contribution is -0.185. The third-order valence-electron chi connectivity index (χ3n) is 7.52. The monoisotopic (exact) mass is 500 g/mol. The number of hydrogen-bond acceptors (Lipinski definition) is 10. The number of hydrogen-bond donors (Lipinski definition) is 5. The fraction of sp³-hybridized carbons (Fsp3) is 0.440. The van der Waals surface area contributed by atoms with Crippen LogP contribution in [0.2, 0.25) is 0 Å². The Bertz CT molecular complexity index is 1260. The highest BCUT2D eigenvalue weighted by molar-refractivity contribution is 6.24. The van der Waals surface area contributed by atoms with E-state index in [1.807, 2.05) is 0 Å². The minimum absolute atomic E-state index is 0.0399. The molecule has 6 N–H and O–H groups in total. The summed E-state index contributed by atoms with van der Waals surface area (Å²) in [5.41, 5.74) is 1.47. The van der Waals surface area contributed by atoms with Crippen molar-refractivity contribution < 1.29 is 44.3 Å². The van der Waals surface area contributed by atoms with Gasteiger partial charge in [-0.2, -0.15) is 0 Å². The van der Waals surface area contributed by atoms with E-state index in [9.17, 15) is 39.6 Å². The predicted molar refractivity (Wildman–Crippen MR) is 125 cm³/mol. The van der Waals surface area contributed by atoms with Crippen molar-refractivity contribution >= 4 is 29.2 Å². The molecule has 0 bridgehead atoms. The predicted octanol–water partition coefficient (Wildman–Crippen LogP) is 0.457. The number of esters is 1. The van der Waals surface area contributed by atoms with Gasteiger partial charge in [-0.3, -0.25) is 24.1 Å². The number of benzene rings is 1. The van der Waals surface area contributed by atoms with Gasteiger partial charge < -0.3 is 30.9 Å². The Kier molecular flexibility index (Phi) is 5.96. The van der Waals surface area contributed by atoms with E-state index in [-0.39, 0.29) is 17.7 Å². The van der Waals surface area contributed by atoms with Crippen LogP contribution in [0.4, 0.5) is 0 Å². The zero-order valence-electron chi connectivity index (χ0n) is 20.2. The van der Waals surface area contributed by atoms with E-state index in [4.69, 9.17) is 10.5 Å². The number of primary amides is 1. The summed E-state index contributed by atoms with van der Waals surface area (Å²) in [4.78, 5) is 53.4. The van der Waals surface area contributed by atoms with Crippen LogP contribution < -0.4 is 5.73 Å². The first-order valence-corrected chi connectivity index (χ1v) is 11.5. The molecule has 6 atom stereocenters. The molecule has 3 aliphatic carbocycles. The molecule has 0 saturated heterocycles. The summed E-state index contributed by atoms with van der Waals surface area (Å²) in [6, 6.07) is 3.10. The number of aliphatic hydroxyl groups is 3. The molecule has 1 saturated carbocycles. The number of ketones is 2. The number of carbonyl (C=O) groups excluding carboxylic acids is 4. The third kappa shape index (κ3) is 3.19. The van der Waals surface area contributed by atoms with E-state index in [1.165, 1.54) is 32.0 Å². The van der Waals surface area contributed by atoms with E-state index in [0.29, 0.717) is 5.56 Å². The van der Waals surface area contributed by atoms with E-state index in [2.05, 4.69) is 0 Å². The number of Topliss-reactive ketones (excluding diaryl/α,β-unsaturated/α-hetero) is 2. The van der Waals surface area contributed by atoms with E-state index < -0.39 is 81.6 Å². The van der Waals surface area contributed by atoms with Crippen molar-refractivity contribution in [2.75, 3.05) is 14.1 Å². The van der Waals surface area contributed by atoms with Gasteiger partial charge in [0.05, 0.1) is 17.5 Å². The number of likely N-dealkylation sites (N-methyl/N-ethyl adjacent to an activating group) is 1. The number of phenolic OH excluding ortho intramolecular Hbond substituents is 1. The molecule has 1 aromatic rings. The van der Waals surface area contributed by atoms with Crippen molar-refractivity contribution in [3.05, 3.63) is 46.2 Å². The standard InChI is InChI=1S/C25H28N2O9/c1-5-12(29)36-21-13-9(2)10-7-6-8-11(28)14(10)19(30)15(13)22(32)25(35)17(21)18(27(3)4)20(31)16(23(25)33)24(26)34/h6-9,13,17-18,21,28,30,33,35H,5H2,1-4H3,(H2,26,34)/t9-,13+,17?,18-,21-,25-/m0/s1. The molecule has 1 fully saturated rings. The van der Waals surface area contributed by atoms with Crippen molar-refractivity contribution in [1.82, 2.24) is 4.90 Å². The van der Waals surface area contributed by atoms with Crippen LogP contribution in [-0.2, 0) is 23.9 Å². The largest absolute Gasteiger partial charge is 0.508 e. The van der Waals surface area contributed by atoms with Crippen LogP contribution in [-0.4, -0.2) is 80.6 Å². The zero-order chi connectivity index (χ0) is 26.9. The Morgan fingerprint density at radius 2 is 1.81 bits per heavy atom. The minimum atomic E-state index is -2.94. The Labute approximate surface area is 206 Å². The first-order chi connectivity index (χ1) is 16.8. The lowest BCUT2D eigenvalue weighted by Crippen LogP contribution is -2.71. The van der Waals surface area contributed by atoms with Gasteiger partial charge in [0, 0.05) is 17.9 Å². The van der Waals surface area contributed by atoms with Crippen molar-refractivity contribution in [2.45, 2.75) is 43.9 Å². The highest BCUT2D eigenvalue weighted by Gasteiger charge is 2.69. The summed E-state index contributed by atoms with van der Waals surface area (Å²) in [5, 5.41) is 44.5. The maximum absolute atomic E-state index is 14.0. The smallest absolute Gasteiger partial charge is 0.305 e. The first-order valence-electron chi connectivity index (χ1n) is 11.5. The topological polar surface area (TPSA) is 188 Å². The average Bonchev–Trinajstić information content (AvgIpc) is 2.80. The second kappa shape index (κ2) is 8.45. The molecule has 0 radical (unpaired) electrons. The molecule has 11 nitrogen and oxygen atoms in total. The van der Waals surface area contributed by atoms with Gasteiger partial charge in [-0.1, -0.05) is 26.0 Å². The molecule has 1 amide bonds. The van der Waals surface area contributed by atoms with Crippen molar-refractivity contribution in [1.29, 1.82) is 0 Å². The molecular formula is C25H28N2O9. The number of phenols is 1. The molecule has 11 heteroatoms. The summed E-state index contributed by atoms with van der Waals surface area (Å²) < 4.78 is 5.74. The molecular weight excluding hydrogens is 472 g/mol. The van der Waals surface area contributed by atoms with Gasteiger partial charge in [-0.25, -0.2) is 0 Å². The number of rotatable bonds is 4. The first kappa shape index (κ1) is 25.4. The number of nitrogens with two attached hydrogens (primary N) is 1. The van der Waals surface area contributed by atoms with E-state index in [0.717, 1.165) is 0 Å². The molecule has 1 unspecified atom stereocenters. The number of nitrogens with zero attached hydrogens (tertiary/aromatic N) is 1. The molecule has 1 aromatic carbocycles. The minimum Gasteiger partial charge on any atom is -0.508 e. The van der Waals surface area contributed by atoms with Crippen LogP contribution in [0.25, 0.3) is 5.76 Å². The third-order valence-corrected chi connectivity index (χ3v) is 7.52.